The molecule has 0 radical (unpaired) electrons. The van der Waals surface area contributed by atoms with E-state index in [-0.39, 0.29) is 5.91 Å². The van der Waals surface area contributed by atoms with Crippen LogP contribution in [0.1, 0.15) is 36.2 Å². The fourth-order valence-electron chi connectivity index (χ4n) is 2.02. The van der Waals surface area contributed by atoms with Crippen LogP contribution in [0.3, 0.4) is 0 Å². The largest absolute Gasteiger partial charge is 0.398 e. The van der Waals surface area contributed by atoms with Gasteiger partial charge in [0.15, 0.2) is 0 Å². The molecule has 0 spiro atoms. The number of hydrogen-bond donors (Lipinski definition) is 2. The Morgan fingerprint density at radius 2 is 2.18 bits per heavy atom. The van der Waals surface area contributed by atoms with Gasteiger partial charge in [-0.15, -0.1) is 0 Å². The Morgan fingerprint density at radius 1 is 1.53 bits per heavy atom. The van der Waals surface area contributed by atoms with E-state index in [4.69, 9.17) is 5.73 Å². The lowest BCUT2D eigenvalue weighted by atomic mass is 10.1. The molecule has 0 saturated heterocycles. The highest BCUT2D eigenvalue weighted by Crippen LogP contribution is 2.50. The van der Waals surface area contributed by atoms with Gasteiger partial charge in [0.25, 0.3) is 5.91 Å². The van der Waals surface area contributed by atoms with Crippen LogP contribution in [0.15, 0.2) is 18.2 Å². The molecule has 1 aliphatic rings. The molecule has 1 aliphatic carbocycles. The molecule has 1 atom stereocenters. The van der Waals surface area contributed by atoms with Gasteiger partial charge in [-0.1, -0.05) is 19.9 Å². The zero-order valence-corrected chi connectivity index (χ0v) is 10.7. The van der Waals surface area contributed by atoms with E-state index in [1.165, 1.54) is 6.42 Å². The van der Waals surface area contributed by atoms with Crippen LogP contribution < -0.4 is 11.1 Å². The molecule has 0 bridgehead atoms. The number of nitrogens with one attached hydrogen (secondary N) is 1. The van der Waals surface area contributed by atoms with E-state index >= 15 is 0 Å². The maximum absolute atomic E-state index is 11.9. The second-order valence-electron chi connectivity index (χ2n) is 5.67. The van der Waals surface area contributed by atoms with Crippen molar-refractivity contribution in [2.24, 2.45) is 11.3 Å². The SMILES string of the molecule is Cc1ccc(C(=O)NCC2CC2(C)C)cc1N. The van der Waals surface area contributed by atoms with Crippen LogP contribution >= 0.6 is 0 Å². The quantitative estimate of drug-likeness (QED) is 0.786. The van der Waals surface area contributed by atoms with Crippen molar-refractivity contribution in [2.75, 3.05) is 12.3 Å². The van der Waals surface area contributed by atoms with Crippen LogP contribution in [-0.4, -0.2) is 12.5 Å². The van der Waals surface area contributed by atoms with Gasteiger partial charge in [0.1, 0.15) is 0 Å². The number of carbonyl (C=O) groups excluding carboxylic acids is 1. The van der Waals surface area contributed by atoms with Gasteiger partial charge in [0.2, 0.25) is 0 Å². The fourth-order valence-corrected chi connectivity index (χ4v) is 2.02. The summed E-state index contributed by atoms with van der Waals surface area (Å²) in [5.41, 5.74) is 8.51. The Morgan fingerprint density at radius 3 is 2.71 bits per heavy atom. The molecule has 3 heteroatoms. The first-order valence-corrected chi connectivity index (χ1v) is 6.04. The molecule has 92 valence electrons. The molecule has 1 aromatic carbocycles. The second kappa shape index (κ2) is 4.06. The van der Waals surface area contributed by atoms with Crippen LogP contribution in [0.2, 0.25) is 0 Å². The number of nitrogen functional groups attached to an aromatic ring is 1. The van der Waals surface area contributed by atoms with E-state index in [2.05, 4.69) is 19.2 Å². The summed E-state index contributed by atoms with van der Waals surface area (Å²) in [5, 5.41) is 2.97. The molecule has 17 heavy (non-hydrogen) atoms. The zero-order chi connectivity index (χ0) is 12.6. The van der Waals surface area contributed by atoms with Crippen molar-refractivity contribution in [2.45, 2.75) is 27.2 Å². The van der Waals surface area contributed by atoms with Crippen LogP contribution in [0.25, 0.3) is 0 Å². The number of benzene rings is 1. The molecular weight excluding hydrogens is 212 g/mol. The average molecular weight is 232 g/mol. The normalized spacial score (nSPS) is 21.0. The highest BCUT2D eigenvalue weighted by atomic mass is 16.1. The molecule has 1 aromatic rings. The summed E-state index contributed by atoms with van der Waals surface area (Å²) >= 11 is 0. The highest BCUT2D eigenvalue weighted by Gasteiger charge is 2.45. The number of nitrogens with two attached hydrogens (primary N) is 1. The van der Waals surface area contributed by atoms with Gasteiger partial charge in [-0.05, 0) is 42.4 Å². The topological polar surface area (TPSA) is 55.1 Å². The van der Waals surface area contributed by atoms with Crippen molar-refractivity contribution in [3.05, 3.63) is 29.3 Å². The van der Waals surface area contributed by atoms with Crippen LogP contribution in [-0.2, 0) is 0 Å². The van der Waals surface area contributed by atoms with Crippen molar-refractivity contribution in [3.8, 4) is 0 Å². The molecule has 1 amide bonds. The Hall–Kier alpha value is -1.51. The third-order valence-electron chi connectivity index (χ3n) is 3.77. The maximum atomic E-state index is 11.9. The van der Waals surface area contributed by atoms with Gasteiger partial charge >= 0.3 is 0 Å². The summed E-state index contributed by atoms with van der Waals surface area (Å²) in [7, 11) is 0. The van der Waals surface area contributed by atoms with Crippen molar-refractivity contribution in [1.82, 2.24) is 5.32 Å². The summed E-state index contributed by atoms with van der Waals surface area (Å²) < 4.78 is 0. The maximum Gasteiger partial charge on any atom is 0.251 e. The molecule has 3 nitrogen and oxygen atoms in total. The second-order valence-corrected chi connectivity index (χ2v) is 5.67. The number of rotatable bonds is 3. The molecule has 3 N–H and O–H groups in total. The summed E-state index contributed by atoms with van der Waals surface area (Å²) in [6, 6.07) is 5.44. The minimum absolute atomic E-state index is 0.0283. The van der Waals surface area contributed by atoms with Gasteiger partial charge in [-0.3, -0.25) is 4.79 Å². The van der Waals surface area contributed by atoms with Gasteiger partial charge in [0, 0.05) is 17.8 Å². The van der Waals surface area contributed by atoms with E-state index in [0.717, 1.165) is 12.1 Å². The molecule has 0 aromatic heterocycles. The Labute approximate surface area is 102 Å². The lowest BCUT2D eigenvalue weighted by Gasteiger charge is -2.08. The number of aryl methyl sites for hydroxylation is 1. The van der Waals surface area contributed by atoms with E-state index < -0.39 is 0 Å². The Balaban J connectivity index is 1.93. The molecule has 1 unspecified atom stereocenters. The van der Waals surface area contributed by atoms with Crippen molar-refractivity contribution in [3.63, 3.8) is 0 Å². The monoisotopic (exact) mass is 232 g/mol. The summed E-state index contributed by atoms with van der Waals surface area (Å²) in [4.78, 5) is 11.9. The molecule has 0 heterocycles. The first-order chi connectivity index (χ1) is 7.90. The fraction of sp³-hybridized carbons (Fsp3) is 0.500. The van der Waals surface area contributed by atoms with Gasteiger partial charge < -0.3 is 11.1 Å². The lowest BCUT2D eigenvalue weighted by Crippen LogP contribution is -2.26. The minimum Gasteiger partial charge on any atom is -0.398 e. The Kier molecular flexibility index (Phi) is 2.86. The van der Waals surface area contributed by atoms with E-state index in [1.54, 1.807) is 6.07 Å². The van der Waals surface area contributed by atoms with Crippen LogP contribution in [0, 0.1) is 18.3 Å². The standard InChI is InChI=1S/C14H20N2O/c1-9-4-5-10(6-12(9)15)13(17)16-8-11-7-14(11,2)3/h4-6,11H,7-8,15H2,1-3H3,(H,16,17). The molecule has 2 rings (SSSR count). The molecule has 1 saturated carbocycles. The predicted molar refractivity (Wildman–Crippen MR) is 69.8 cm³/mol. The smallest absolute Gasteiger partial charge is 0.251 e. The van der Waals surface area contributed by atoms with Gasteiger partial charge in [-0.25, -0.2) is 0 Å². The van der Waals surface area contributed by atoms with Crippen molar-refractivity contribution < 1.29 is 4.79 Å². The lowest BCUT2D eigenvalue weighted by molar-refractivity contribution is 0.0950. The zero-order valence-electron chi connectivity index (χ0n) is 10.7. The van der Waals surface area contributed by atoms with E-state index in [0.29, 0.717) is 22.6 Å². The minimum atomic E-state index is -0.0283. The van der Waals surface area contributed by atoms with Crippen molar-refractivity contribution >= 4 is 11.6 Å². The van der Waals surface area contributed by atoms with Crippen LogP contribution in [0.5, 0.6) is 0 Å². The first-order valence-electron chi connectivity index (χ1n) is 6.04. The first kappa shape index (κ1) is 12.0. The summed E-state index contributed by atoms with van der Waals surface area (Å²) in [5.74, 6) is 0.591. The number of anilines is 1. The predicted octanol–water partition coefficient (Wildman–Crippen LogP) is 2.35. The van der Waals surface area contributed by atoms with E-state index in [1.807, 2.05) is 19.1 Å². The van der Waals surface area contributed by atoms with Crippen LogP contribution in [0.4, 0.5) is 5.69 Å². The number of hydrogen-bond acceptors (Lipinski definition) is 2. The number of carbonyl (C=O) groups is 1. The Bertz CT molecular complexity index is 452. The molecule has 1 fully saturated rings. The number of amides is 1. The molecule has 0 aliphatic heterocycles. The van der Waals surface area contributed by atoms with Crippen molar-refractivity contribution in [1.29, 1.82) is 0 Å². The molecular formula is C14H20N2O. The van der Waals surface area contributed by atoms with Gasteiger partial charge in [-0.2, -0.15) is 0 Å². The van der Waals surface area contributed by atoms with Gasteiger partial charge in [0.05, 0.1) is 0 Å². The summed E-state index contributed by atoms with van der Waals surface area (Å²) in [6.45, 7) is 7.16. The third kappa shape index (κ3) is 2.60. The van der Waals surface area contributed by atoms with E-state index in [9.17, 15) is 4.79 Å². The summed E-state index contributed by atoms with van der Waals surface area (Å²) in [6.07, 6.45) is 1.20. The third-order valence-corrected chi connectivity index (χ3v) is 3.77. The highest BCUT2D eigenvalue weighted by molar-refractivity contribution is 5.95. The average Bonchev–Trinajstić information content (AvgIpc) is 2.87.